The van der Waals surface area contributed by atoms with Gasteiger partial charge in [-0.3, -0.25) is 0 Å². The van der Waals surface area contributed by atoms with Crippen LogP contribution in [0.1, 0.15) is 10.5 Å². The predicted molar refractivity (Wildman–Crippen MR) is 73.0 cm³/mol. The largest absolute Gasteiger partial charge is 0.464 e. The Hall–Kier alpha value is -1.66. The number of esters is 1. The van der Waals surface area contributed by atoms with Gasteiger partial charge in [-0.1, -0.05) is 11.6 Å². The van der Waals surface area contributed by atoms with Crippen molar-refractivity contribution in [3.05, 3.63) is 22.1 Å². The molecule has 0 bridgehead atoms. The number of ether oxygens (including phenoxy) is 1. The number of hydrogen-bond donors (Lipinski definition) is 0. The van der Waals surface area contributed by atoms with Crippen molar-refractivity contribution in [1.82, 2.24) is 15.0 Å². The average molecular weight is 301 g/mol. The van der Waals surface area contributed by atoms with Crippen molar-refractivity contribution in [3.8, 4) is 0 Å². The molecule has 2 rings (SSSR count). The molecule has 6 nitrogen and oxygen atoms in total. The summed E-state index contributed by atoms with van der Waals surface area (Å²) in [5.41, 5.74) is 0.870. The van der Waals surface area contributed by atoms with E-state index in [9.17, 15) is 4.79 Å². The van der Waals surface area contributed by atoms with Crippen LogP contribution in [0.2, 0.25) is 10.3 Å². The van der Waals surface area contributed by atoms with Gasteiger partial charge in [-0.05, 0) is 17.7 Å². The van der Waals surface area contributed by atoms with Crippen LogP contribution in [-0.4, -0.2) is 42.1 Å². The molecule has 0 amide bonds. The number of carbonyl (C=O) groups is 1. The molecular formula is C11H10Cl2N4O2. The molecule has 8 heteroatoms. The Morgan fingerprint density at radius 2 is 1.89 bits per heavy atom. The van der Waals surface area contributed by atoms with E-state index in [2.05, 4.69) is 19.7 Å². The zero-order chi connectivity index (χ0) is 14.2. The number of carbonyl (C=O) groups excluding carboxylic acids is 1. The first-order chi connectivity index (χ1) is 8.93. The van der Waals surface area contributed by atoms with E-state index in [1.807, 2.05) is 0 Å². The van der Waals surface area contributed by atoms with Crippen molar-refractivity contribution in [3.63, 3.8) is 0 Å². The molecule has 19 heavy (non-hydrogen) atoms. The summed E-state index contributed by atoms with van der Waals surface area (Å²) in [4.78, 5) is 25.5. The van der Waals surface area contributed by atoms with E-state index in [4.69, 9.17) is 23.2 Å². The minimum atomic E-state index is -0.580. The van der Waals surface area contributed by atoms with Crippen molar-refractivity contribution >= 4 is 46.0 Å². The highest BCUT2D eigenvalue weighted by Gasteiger charge is 2.17. The molecule has 0 saturated heterocycles. The lowest BCUT2D eigenvalue weighted by Crippen LogP contribution is -2.14. The molecular weight excluding hydrogens is 291 g/mol. The molecule has 0 spiro atoms. The van der Waals surface area contributed by atoms with Crippen molar-refractivity contribution < 1.29 is 9.53 Å². The standard InChI is InChI=1S/C11H10Cl2N4O2/c1-17(2)9-8-7(15-11(13)16-9)5(12)4-6(14-8)10(18)19-3/h4H,1-3H3. The van der Waals surface area contributed by atoms with Gasteiger partial charge in [-0.25, -0.2) is 14.8 Å². The number of anilines is 1. The van der Waals surface area contributed by atoms with E-state index in [0.29, 0.717) is 16.9 Å². The van der Waals surface area contributed by atoms with E-state index in [1.54, 1.807) is 19.0 Å². The number of hydrogen-bond acceptors (Lipinski definition) is 6. The van der Waals surface area contributed by atoms with Gasteiger partial charge < -0.3 is 9.64 Å². The number of pyridine rings is 1. The molecule has 100 valence electrons. The van der Waals surface area contributed by atoms with Crippen LogP contribution in [0.25, 0.3) is 11.0 Å². The topological polar surface area (TPSA) is 68.2 Å². The van der Waals surface area contributed by atoms with Crippen molar-refractivity contribution in [1.29, 1.82) is 0 Å². The number of fused-ring (bicyclic) bond motifs is 1. The Kier molecular flexibility index (Phi) is 3.73. The zero-order valence-electron chi connectivity index (χ0n) is 10.4. The second-order valence-electron chi connectivity index (χ2n) is 3.89. The Morgan fingerprint density at radius 3 is 2.47 bits per heavy atom. The zero-order valence-corrected chi connectivity index (χ0v) is 12.0. The Labute approximate surface area is 119 Å². The predicted octanol–water partition coefficient (Wildman–Crippen LogP) is 2.18. The van der Waals surface area contributed by atoms with Crippen LogP contribution < -0.4 is 4.90 Å². The van der Waals surface area contributed by atoms with Crippen molar-refractivity contribution in [2.75, 3.05) is 26.1 Å². The third kappa shape index (κ3) is 2.54. The molecule has 0 aromatic carbocycles. The minimum absolute atomic E-state index is 0.0609. The summed E-state index contributed by atoms with van der Waals surface area (Å²) < 4.78 is 4.62. The van der Waals surface area contributed by atoms with Crippen LogP contribution in [-0.2, 0) is 4.74 Å². The maximum Gasteiger partial charge on any atom is 0.356 e. The third-order valence-corrected chi connectivity index (χ3v) is 2.84. The summed E-state index contributed by atoms with van der Waals surface area (Å²) in [6.45, 7) is 0. The van der Waals surface area contributed by atoms with E-state index >= 15 is 0 Å². The monoisotopic (exact) mass is 300 g/mol. The lowest BCUT2D eigenvalue weighted by molar-refractivity contribution is 0.0594. The summed E-state index contributed by atoms with van der Waals surface area (Å²) in [6, 6.07) is 1.39. The summed E-state index contributed by atoms with van der Waals surface area (Å²) in [7, 11) is 4.82. The minimum Gasteiger partial charge on any atom is -0.464 e. The van der Waals surface area contributed by atoms with Crippen LogP contribution in [0.5, 0.6) is 0 Å². The molecule has 2 heterocycles. The molecule has 2 aromatic rings. The van der Waals surface area contributed by atoms with Crippen LogP contribution in [0.3, 0.4) is 0 Å². The number of methoxy groups -OCH3 is 1. The Balaban J connectivity index is 2.81. The highest BCUT2D eigenvalue weighted by molar-refractivity contribution is 6.36. The fourth-order valence-electron chi connectivity index (χ4n) is 1.55. The molecule has 0 aliphatic carbocycles. The van der Waals surface area contributed by atoms with Crippen LogP contribution in [0.15, 0.2) is 6.07 Å². The molecule has 2 aromatic heterocycles. The van der Waals surface area contributed by atoms with Gasteiger partial charge in [0.1, 0.15) is 11.0 Å². The van der Waals surface area contributed by atoms with E-state index in [0.717, 1.165) is 0 Å². The van der Waals surface area contributed by atoms with Gasteiger partial charge in [-0.15, -0.1) is 0 Å². The van der Waals surface area contributed by atoms with Crippen LogP contribution in [0.4, 0.5) is 5.82 Å². The van der Waals surface area contributed by atoms with Gasteiger partial charge >= 0.3 is 5.97 Å². The lowest BCUT2D eigenvalue weighted by Gasteiger charge is -2.14. The van der Waals surface area contributed by atoms with Gasteiger partial charge in [0, 0.05) is 14.1 Å². The highest BCUT2D eigenvalue weighted by atomic mass is 35.5. The van der Waals surface area contributed by atoms with Gasteiger partial charge in [-0.2, -0.15) is 4.98 Å². The summed E-state index contributed by atoms with van der Waals surface area (Å²) in [5.74, 6) is -0.105. The van der Waals surface area contributed by atoms with Crippen LogP contribution in [0, 0.1) is 0 Å². The smallest absolute Gasteiger partial charge is 0.356 e. The van der Waals surface area contributed by atoms with Crippen molar-refractivity contribution in [2.45, 2.75) is 0 Å². The number of aromatic nitrogens is 3. The highest BCUT2D eigenvalue weighted by Crippen LogP contribution is 2.28. The second kappa shape index (κ2) is 5.14. The van der Waals surface area contributed by atoms with E-state index in [-0.39, 0.29) is 16.0 Å². The summed E-state index contributed by atoms with van der Waals surface area (Å²) in [5, 5.41) is 0.323. The fraction of sp³-hybridized carbons (Fsp3) is 0.273. The molecule has 0 saturated carbocycles. The maximum absolute atomic E-state index is 11.5. The maximum atomic E-state index is 11.5. The molecule has 0 radical (unpaired) electrons. The molecule has 0 aliphatic rings. The molecule has 0 atom stereocenters. The third-order valence-electron chi connectivity index (χ3n) is 2.38. The second-order valence-corrected chi connectivity index (χ2v) is 4.63. The SMILES string of the molecule is COC(=O)c1cc(Cl)c2nc(Cl)nc(N(C)C)c2n1. The first-order valence-electron chi connectivity index (χ1n) is 5.23. The van der Waals surface area contributed by atoms with Crippen LogP contribution >= 0.6 is 23.2 Å². The molecule has 0 fully saturated rings. The quantitative estimate of drug-likeness (QED) is 0.625. The van der Waals surface area contributed by atoms with Gasteiger partial charge in [0.25, 0.3) is 0 Å². The van der Waals surface area contributed by atoms with Gasteiger partial charge in [0.15, 0.2) is 11.5 Å². The fourth-order valence-corrected chi connectivity index (χ4v) is 1.95. The first kappa shape index (κ1) is 13.8. The van der Waals surface area contributed by atoms with Crippen molar-refractivity contribution in [2.24, 2.45) is 0 Å². The molecule has 0 unspecified atom stereocenters. The number of rotatable bonds is 2. The first-order valence-corrected chi connectivity index (χ1v) is 5.99. The number of nitrogens with zero attached hydrogens (tertiary/aromatic N) is 4. The Morgan fingerprint density at radius 1 is 1.21 bits per heavy atom. The number of halogens is 2. The van der Waals surface area contributed by atoms with E-state index in [1.165, 1.54) is 13.2 Å². The Bertz CT molecular complexity index is 661. The molecule has 0 aliphatic heterocycles. The summed E-state index contributed by atoms with van der Waals surface area (Å²) in [6.07, 6.45) is 0. The average Bonchev–Trinajstić information content (AvgIpc) is 2.37. The van der Waals surface area contributed by atoms with Gasteiger partial charge in [0.05, 0.1) is 12.1 Å². The summed E-state index contributed by atoms with van der Waals surface area (Å²) >= 11 is 11.9. The van der Waals surface area contributed by atoms with Gasteiger partial charge in [0.2, 0.25) is 5.28 Å². The lowest BCUT2D eigenvalue weighted by atomic mass is 10.3. The normalized spacial score (nSPS) is 10.6. The molecule has 0 N–H and O–H groups in total. The van der Waals surface area contributed by atoms with E-state index < -0.39 is 5.97 Å².